The van der Waals surface area contributed by atoms with E-state index in [-0.39, 0.29) is 12.0 Å². The van der Waals surface area contributed by atoms with E-state index in [0.717, 1.165) is 17.0 Å². The number of nitrogens with zero attached hydrogens (tertiary/aromatic N) is 5. The molecule has 0 spiro atoms. The minimum Gasteiger partial charge on any atom is -0.370 e. The zero-order chi connectivity index (χ0) is 18.6. The molecule has 1 atom stereocenters. The second-order valence-corrected chi connectivity index (χ2v) is 6.67. The molecule has 1 unspecified atom stereocenters. The van der Waals surface area contributed by atoms with Crippen LogP contribution in [0.5, 0.6) is 0 Å². The lowest BCUT2D eigenvalue weighted by Gasteiger charge is -2.24. The second kappa shape index (κ2) is 7.67. The van der Waals surface area contributed by atoms with Crippen molar-refractivity contribution in [3.63, 3.8) is 0 Å². The van der Waals surface area contributed by atoms with E-state index < -0.39 is 0 Å². The normalized spacial score (nSPS) is 16.6. The van der Waals surface area contributed by atoms with Gasteiger partial charge in [-0.05, 0) is 36.8 Å². The second-order valence-electron chi connectivity index (χ2n) is 6.67. The predicted octanol–water partition coefficient (Wildman–Crippen LogP) is 2.22. The maximum atomic E-state index is 13.0. The van der Waals surface area contributed by atoms with Gasteiger partial charge in [-0.3, -0.25) is 19.4 Å². The number of pyridine rings is 2. The van der Waals surface area contributed by atoms with Crippen LogP contribution >= 0.6 is 0 Å². The van der Waals surface area contributed by atoms with Crippen molar-refractivity contribution in [3.8, 4) is 0 Å². The average molecular weight is 363 g/mol. The molecule has 27 heavy (non-hydrogen) atoms. The molecule has 7 nitrogen and oxygen atoms in total. The summed E-state index contributed by atoms with van der Waals surface area (Å²) in [6, 6.07) is 9.47. The van der Waals surface area contributed by atoms with E-state index in [1.807, 2.05) is 41.9 Å². The molecule has 3 aromatic heterocycles. The highest BCUT2D eigenvalue weighted by atomic mass is 16.5. The largest absolute Gasteiger partial charge is 0.370 e. The molecular weight excluding hydrogens is 342 g/mol. The van der Waals surface area contributed by atoms with E-state index in [1.54, 1.807) is 29.7 Å². The number of aromatic nitrogens is 4. The number of rotatable bonds is 4. The lowest BCUT2D eigenvalue weighted by atomic mass is 10.2. The van der Waals surface area contributed by atoms with Gasteiger partial charge in [-0.1, -0.05) is 6.07 Å². The summed E-state index contributed by atoms with van der Waals surface area (Å²) >= 11 is 0. The summed E-state index contributed by atoms with van der Waals surface area (Å²) in [7, 11) is 0. The van der Waals surface area contributed by atoms with Gasteiger partial charge in [-0.2, -0.15) is 5.10 Å². The van der Waals surface area contributed by atoms with Crippen LogP contribution in [-0.4, -0.2) is 43.2 Å². The molecule has 0 saturated heterocycles. The monoisotopic (exact) mass is 363 g/mol. The Balaban J connectivity index is 1.53. The third-order valence-corrected chi connectivity index (χ3v) is 4.61. The lowest BCUT2D eigenvalue weighted by molar-refractivity contribution is 0.00905. The zero-order valence-electron chi connectivity index (χ0n) is 15.2. The summed E-state index contributed by atoms with van der Waals surface area (Å²) in [5.74, 6) is -0.0490. The molecule has 1 aliphatic rings. The summed E-state index contributed by atoms with van der Waals surface area (Å²) in [4.78, 5) is 23.2. The molecule has 4 heterocycles. The van der Waals surface area contributed by atoms with Gasteiger partial charge in [0.05, 0.1) is 37.1 Å². The maximum absolute atomic E-state index is 13.0. The third-order valence-electron chi connectivity index (χ3n) is 4.61. The Morgan fingerprint density at radius 3 is 2.89 bits per heavy atom. The van der Waals surface area contributed by atoms with Crippen molar-refractivity contribution in [2.24, 2.45) is 0 Å². The van der Waals surface area contributed by atoms with Crippen molar-refractivity contribution >= 4 is 5.91 Å². The number of aryl methyl sites for hydroxylation is 1. The van der Waals surface area contributed by atoms with Crippen molar-refractivity contribution in [3.05, 3.63) is 77.6 Å². The molecule has 0 N–H and O–H groups in total. The first kappa shape index (κ1) is 17.4. The molecule has 0 aromatic carbocycles. The SMILES string of the molecule is Cc1ccc(C(=O)N2Cc3ccnn3CC(OCc3cccnc3)C2)cn1. The first-order chi connectivity index (χ1) is 13.2. The number of hydrogen-bond donors (Lipinski definition) is 0. The van der Waals surface area contributed by atoms with E-state index in [9.17, 15) is 4.79 Å². The van der Waals surface area contributed by atoms with Crippen LogP contribution in [-0.2, 0) is 24.4 Å². The maximum Gasteiger partial charge on any atom is 0.255 e. The van der Waals surface area contributed by atoms with Crippen molar-refractivity contribution in [2.45, 2.75) is 32.7 Å². The molecule has 4 rings (SSSR count). The number of carbonyl (C=O) groups is 1. The van der Waals surface area contributed by atoms with E-state index in [2.05, 4.69) is 15.1 Å². The van der Waals surface area contributed by atoms with Crippen LogP contribution in [0.4, 0.5) is 0 Å². The van der Waals surface area contributed by atoms with Gasteiger partial charge in [-0.15, -0.1) is 0 Å². The smallest absolute Gasteiger partial charge is 0.255 e. The van der Waals surface area contributed by atoms with Crippen LogP contribution in [0.3, 0.4) is 0 Å². The van der Waals surface area contributed by atoms with Crippen LogP contribution in [0.15, 0.2) is 55.1 Å². The molecule has 0 bridgehead atoms. The first-order valence-electron chi connectivity index (χ1n) is 8.92. The molecule has 138 valence electrons. The molecule has 0 radical (unpaired) electrons. The van der Waals surface area contributed by atoms with Crippen LogP contribution in [0.1, 0.15) is 27.3 Å². The van der Waals surface area contributed by atoms with Crippen LogP contribution < -0.4 is 0 Å². The fraction of sp³-hybridized carbons (Fsp3) is 0.300. The molecule has 0 aliphatic carbocycles. The number of ether oxygens (including phenoxy) is 1. The van der Waals surface area contributed by atoms with Gasteiger partial charge in [0.2, 0.25) is 0 Å². The fourth-order valence-electron chi connectivity index (χ4n) is 3.15. The lowest BCUT2D eigenvalue weighted by Crippen LogP contribution is -2.37. The summed E-state index contributed by atoms with van der Waals surface area (Å²) in [5, 5.41) is 4.37. The van der Waals surface area contributed by atoms with Crippen LogP contribution in [0.2, 0.25) is 0 Å². The minimum absolute atomic E-state index is 0.0490. The molecule has 0 saturated carbocycles. The number of fused-ring (bicyclic) bond motifs is 1. The predicted molar refractivity (Wildman–Crippen MR) is 98.8 cm³/mol. The zero-order valence-corrected chi connectivity index (χ0v) is 15.2. The van der Waals surface area contributed by atoms with Gasteiger partial charge >= 0.3 is 0 Å². The quantitative estimate of drug-likeness (QED) is 0.711. The summed E-state index contributed by atoms with van der Waals surface area (Å²) < 4.78 is 8.01. The van der Waals surface area contributed by atoms with Gasteiger partial charge in [0.15, 0.2) is 0 Å². The molecule has 0 fully saturated rings. The molecule has 1 aliphatic heterocycles. The first-order valence-corrected chi connectivity index (χ1v) is 8.92. The standard InChI is InChI=1S/C20H21N5O2/c1-15-4-5-17(10-22-15)20(26)24-11-18-6-8-23-25(18)13-19(12-24)27-14-16-3-2-7-21-9-16/h2-10,19H,11-14H2,1H3. The Morgan fingerprint density at radius 1 is 1.19 bits per heavy atom. The Morgan fingerprint density at radius 2 is 2.11 bits per heavy atom. The molecular formula is C20H21N5O2. The van der Waals surface area contributed by atoms with E-state index in [4.69, 9.17) is 4.74 Å². The van der Waals surface area contributed by atoms with E-state index in [1.165, 1.54) is 0 Å². The fourth-order valence-corrected chi connectivity index (χ4v) is 3.15. The van der Waals surface area contributed by atoms with Crippen molar-refractivity contribution < 1.29 is 9.53 Å². The van der Waals surface area contributed by atoms with Gasteiger partial charge < -0.3 is 9.64 Å². The molecule has 1 amide bonds. The highest BCUT2D eigenvalue weighted by Crippen LogP contribution is 2.17. The van der Waals surface area contributed by atoms with Gasteiger partial charge in [-0.25, -0.2) is 0 Å². The molecule has 7 heteroatoms. The number of amides is 1. The topological polar surface area (TPSA) is 73.1 Å². The Bertz CT molecular complexity index is 908. The van der Waals surface area contributed by atoms with Crippen molar-refractivity contribution in [2.75, 3.05) is 6.54 Å². The highest BCUT2D eigenvalue weighted by molar-refractivity contribution is 5.93. The van der Waals surface area contributed by atoms with Crippen LogP contribution in [0, 0.1) is 6.92 Å². The van der Waals surface area contributed by atoms with E-state index in [0.29, 0.717) is 31.8 Å². The van der Waals surface area contributed by atoms with Gasteiger partial charge in [0, 0.05) is 37.0 Å². The Hall–Kier alpha value is -3.06. The van der Waals surface area contributed by atoms with Gasteiger partial charge in [0.25, 0.3) is 5.91 Å². The summed E-state index contributed by atoms with van der Waals surface area (Å²) in [6.45, 7) is 3.96. The molecule has 3 aromatic rings. The highest BCUT2D eigenvalue weighted by Gasteiger charge is 2.27. The van der Waals surface area contributed by atoms with Crippen LogP contribution in [0.25, 0.3) is 0 Å². The summed E-state index contributed by atoms with van der Waals surface area (Å²) in [5.41, 5.74) is 3.47. The van der Waals surface area contributed by atoms with E-state index >= 15 is 0 Å². The number of hydrogen-bond acceptors (Lipinski definition) is 5. The van der Waals surface area contributed by atoms with Crippen molar-refractivity contribution in [1.82, 2.24) is 24.6 Å². The van der Waals surface area contributed by atoms with Gasteiger partial charge in [0.1, 0.15) is 0 Å². The number of carbonyl (C=O) groups excluding carboxylic acids is 1. The summed E-state index contributed by atoms with van der Waals surface area (Å²) in [6.07, 6.45) is 6.76. The Labute approximate surface area is 157 Å². The minimum atomic E-state index is -0.159. The van der Waals surface area contributed by atoms with Crippen molar-refractivity contribution in [1.29, 1.82) is 0 Å². The Kier molecular flexibility index (Phi) is 4.93. The third kappa shape index (κ3) is 4.03. The average Bonchev–Trinajstić information content (AvgIpc) is 3.05.